The highest BCUT2D eigenvalue weighted by Crippen LogP contribution is 2.28. The largest absolute Gasteiger partial charge is 0.370 e. The third-order valence-electron chi connectivity index (χ3n) is 0.889. The Morgan fingerprint density at radius 3 is 2.44 bits per heavy atom. The first kappa shape index (κ1) is 9.66. The van der Waals surface area contributed by atoms with Gasteiger partial charge in [-0.25, -0.2) is 0 Å². The van der Waals surface area contributed by atoms with Crippen molar-refractivity contribution in [2.24, 2.45) is 0 Å². The molecule has 0 aromatic heterocycles. The highest BCUT2D eigenvalue weighted by Gasteiger charge is 2.02. The Bertz CT molecular complexity index is 55.0. The topological polar surface area (TPSA) is 9.23 Å². The maximum Gasteiger partial charge on any atom is 0.112 e. The molecule has 1 atom stereocenters. The molecule has 0 spiro atoms. The van der Waals surface area contributed by atoms with Crippen LogP contribution in [0.2, 0.25) is 0 Å². The molecule has 1 nitrogen and oxygen atoms in total. The Kier molecular flexibility index (Phi) is 7.27. The monoisotopic (exact) mass is 166 g/mol. The minimum atomic E-state index is 0.384. The van der Waals surface area contributed by atoms with E-state index >= 15 is 0 Å². The van der Waals surface area contributed by atoms with Crippen LogP contribution in [0.3, 0.4) is 0 Å². The molecule has 9 heavy (non-hydrogen) atoms. The molecule has 0 aromatic carbocycles. The Morgan fingerprint density at radius 1 is 1.44 bits per heavy atom. The molecule has 0 aromatic rings. The molecule has 0 aliphatic carbocycles. The molecule has 0 rings (SSSR count). The first-order chi connectivity index (χ1) is 4.35. The highest BCUT2D eigenvalue weighted by molar-refractivity contribution is 8.76. The van der Waals surface area contributed by atoms with Crippen molar-refractivity contribution in [3.05, 3.63) is 0 Å². The summed E-state index contributed by atoms with van der Waals surface area (Å²) in [5.41, 5.74) is 0.384. The van der Waals surface area contributed by atoms with Crippen molar-refractivity contribution in [2.75, 3.05) is 12.9 Å². The summed E-state index contributed by atoms with van der Waals surface area (Å²) in [7, 11) is 5.43. The summed E-state index contributed by atoms with van der Waals surface area (Å²) in [6, 6.07) is 0. The molecule has 0 radical (unpaired) electrons. The van der Waals surface area contributed by atoms with Crippen LogP contribution in [-0.4, -0.2) is 18.3 Å². The van der Waals surface area contributed by atoms with E-state index in [0.717, 1.165) is 12.2 Å². The molecule has 56 valence electrons. The van der Waals surface area contributed by atoms with Gasteiger partial charge in [-0.1, -0.05) is 35.4 Å². The van der Waals surface area contributed by atoms with Crippen LogP contribution in [-0.2, 0) is 4.74 Å². The summed E-state index contributed by atoms with van der Waals surface area (Å²) < 4.78 is 5.14. The first-order valence-electron chi connectivity index (χ1n) is 3.16. The second kappa shape index (κ2) is 6.78. The van der Waals surface area contributed by atoms with Crippen LogP contribution in [0.25, 0.3) is 0 Å². The van der Waals surface area contributed by atoms with Gasteiger partial charge >= 0.3 is 0 Å². The van der Waals surface area contributed by atoms with Crippen LogP contribution in [0, 0.1) is 0 Å². The normalized spacial score (nSPS) is 13.7. The molecular weight excluding hydrogens is 152 g/mol. The zero-order chi connectivity index (χ0) is 7.11. The fourth-order valence-corrected chi connectivity index (χ4v) is 2.43. The van der Waals surface area contributed by atoms with Crippen molar-refractivity contribution >= 4 is 21.6 Å². The van der Waals surface area contributed by atoms with Crippen molar-refractivity contribution in [3.8, 4) is 0 Å². The SMILES string of the molecule is CCSSC(CC)OC. The summed E-state index contributed by atoms with van der Waals surface area (Å²) in [4.78, 5) is 0. The van der Waals surface area contributed by atoms with Gasteiger partial charge < -0.3 is 4.74 Å². The first-order valence-corrected chi connectivity index (χ1v) is 5.54. The maximum atomic E-state index is 5.14. The second-order valence-electron chi connectivity index (χ2n) is 1.58. The van der Waals surface area contributed by atoms with Crippen LogP contribution in [0.1, 0.15) is 20.3 Å². The summed E-state index contributed by atoms with van der Waals surface area (Å²) in [6.45, 7) is 4.29. The van der Waals surface area contributed by atoms with E-state index in [-0.39, 0.29) is 0 Å². The Labute approximate surface area is 65.3 Å². The van der Waals surface area contributed by atoms with Crippen LogP contribution < -0.4 is 0 Å². The number of rotatable bonds is 5. The van der Waals surface area contributed by atoms with Crippen molar-refractivity contribution in [1.82, 2.24) is 0 Å². The lowest BCUT2D eigenvalue weighted by Crippen LogP contribution is -2.00. The number of methoxy groups -OCH3 is 1. The molecule has 0 bridgehead atoms. The molecule has 0 saturated heterocycles. The van der Waals surface area contributed by atoms with Gasteiger partial charge in [-0.3, -0.25) is 0 Å². The van der Waals surface area contributed by atoms with Gasteiger partial charge in [0, 0.05) is 12.9 Å². The lowest BCUT2D eigenvalue weighted by molar-refractivity contribution is 0.171. The smallest absolute Gasteiger partial charge is 0.112 e. The zero-order valence-corrected chi connectivity index (χ0v) is 7.85. The molecule has 0 N–H and O–H groups in total. The number of ether oxygens (including phenoxy) is 1. The van der Waals surface area contributed by atoms with Crippen LogP contribution in [0.15, 0.2) is 0 Å². The molecule has 0 amide bonds. The number of hydrogen-bond donors (Lipinski definition) is 0. The van der Waals surface area contributed by atoms with Crippen LogP contribution >= 0.6 is 21.6 Å². The van der Waals surface area contributed by atoms with Crippen molar-refractivity contribution in [3.63, 3.8) is 0 Å². The maximum absolute atomic E-state index is 5.14. The third kappa shape index (κ3) is 5.12. The van der Waals surface area contributed by atoms with E-state index in [4.69, 9.17) is 4.74 Å². The van der Waals surface area contributed by atoms with E-state index in [9.17, 15) is 0 Å². The molecule has 0 saturated carbocycles. The van der Waals surface area contributed by atoms with Gasteiger partial charge in [0.25, 0.3) is 0 Å². The average Bonchev–Trinajstić information content (AvgIpc) is 1.91. The van der Waals surface area contributed by atoms with Crippen LogP contribution in [0.4, 0.5) is 0 Å². The molecule has 3 heteroatoms. The fraction of sp³-hybridized carbons (Fsp3) is 1.00. The second-order valence-corrected chi connectivity index (χ2v) is 4.39. The number of hydrogen-bond acceptors (Lipinski definition) is 3. The van der Waals surface area contributed by atoms with E-state index in [0.29, 0.717) is 5.44 Å². The van der Waals surface area contributed by atoms with E-state index < -0.39 is 0 Å². The van der Waals surface area contributed by atoms with Gasteiger partial charge in [-0.05, 0) is 6.42 Å². The van der Waals surface area contributed by atoms with Gasteiger partial charge in [0.05, 0.1) is 0 Å². The summed E-state index contributed by atoms with van der Waals surface area (Å²) >= 11 is 0. The van der Waals surface area contributed by atoms with Crippen molar-refractivity contribution < 1.29 is 4.74 Å². The minimum Gasteiger partial charge on any atom is -0.370 e. The van der Waals surface area contributed by atoms with Gasteiger partial charge in [-0.2, -0.15) is 0 Å². The van der Waals surface area contributed by atoms with E-state index in [2.05, 4.69) is 13.8 Å². The average molecular weight is 166 g/mol. The molecule has 0 aliphatic rings. The predicted octanol–water partition coefficient (Wildman–Crippen LogP) is 2.77. The Balaban J connectivity index is 3.09. The molecule has 0 heterocycles. The third-order valence-corrected chi connectivity index (χ3v) is 3.76. The van der Waals surface area contributed by atoms with Gasteiger partial charge in [0.2, 0.25) is 0 Å². The molecule has 0 aliphatic heterocycles. The molecular formula is C6H14OS2. The van der Waals surface area contributed by atoms with Gasteiger partial charge in [0.1, 0.15) is 5.44 Å². The standard InChI is InChI=1S/C6H14OS2/c1-4-6(7-3)9-8-5-2/h6H,4-5H2,1-3H3. The minimum absolute atomic E-state index is 0.384. The van der Waals surface area contributed by atoms with Gasteiger partial charge in [-0.15, -0.1) is 0 Å². The van der Waals surface area contributed by atoms with E-state index in [1.807, 2.05) is 21.6 Å². The van der Waals surface area contributed by atoms with E-state index in [1.165, 1.54) is 0 Å². The summed E-state index contributed by atoms with van der Waals surface area (Å²) in [5, 5.41) is 0. The summed E-state index contributed by atoms with van der Waals surface area (Å²) in [6.07, 6.45) is 1.09. The quantitative estimate of drug-likeness (QED) is 0.459. The summed E-state index contributed by atoms with van der Waals surface area (Å²) in [5.74, 6) is 1.16. The zero-order valence-electron chi connectivity index (χ0n) is 6.22. The van der Waals surface area contributed by atoms with E-state index in [1.54, 1.807) is 7.11 Å². The molecule has 0 fully saturated rings. The van der Waals surface area contributed by atoms with Crippen LogP contribution in [0.5, 0.6) is 0 Å². The predicted molar refractivity (Wildman–Crippen MR) is 46.8 cm³/mol. The highest BCUT2D eigenvalue weighted by atomic mass is 33.1. The fourth-order valence-electron chi connectivity index (χ4n) is 0.418. The van der Waals surface area contributed by atoms with Crippen molar-refractivity contribution in [1.29, 1.82) is 0 Å². The lowest BCUT2D eigenvalue weighted by Gasteiger charge is -2.09. The Hall–Kier alpha value is 0.660. The Morgan fingerprint density at radius 2 is 2.11 bits per heavy atom. The molecule has 1 unspecified atom stereocenters. The lowest BCUT2D eigenvalue weighted by atomic mass is 10.5. The van der Waals surface area contributed by atoms with Gasteiger partial charge in [0.15, 0.2) is 0 Å². The van der Waals surface area contributed by atoms with Crippen molar-refractivity contribution in [2.45, 2.75) is 25.7 Å².